The lowest BCUT2D eigenvalue weighted by atomic mass is 10.2. The third-order valence-electron chi connectivity index (χ3n) is 2.29. The van der Waals surface area contributed by atoms with Crippen LogP contribution in [-0.4, -0.2) is 33.7 Å². The number of aliphatic hydroxyl groups excluding tert-OH is 1. The van der Waals surface area contributed by atoms with Gasteiger partial charge in [-0.25, -0.2) is 4.98 Å². The van der Waals surface area contributed by atoms with Crippen molar-refractivity contribution in [3.05, 3.63) is 12.3 Å². The molecule has 1 amide bonds. The van der Waals surface area contributed by atoms with Crippen LogP contribution in [0.1, 0.15) is 27.2 Å². The Bertz CT molecular complexity index is 396. The fraction of sp³-hybridized carbons (Fsp3) is 0.583. The molecule has 1 rings (SSSR count). The van der Waals surface area contributed by atoms with Gasteiger partial charge in [0.25, 0.3) is 0 Å². The summed E-state index contributed by atoms with van der Waals surface area (Å²) in [5.41, 5.74) is 0. The van der Waals surface area contributed by atoms with E-state index in [1.807, 2.05) is 6.92 Å². The highest BCUT2D eigenvalue weighted by Crippen LogP contribution is 2.09. The second kappa shape index (κ2) is 6.90. The molecule has 2 N–H and O–H groups in total. The predicted octanol–water partition coefficient (Wildman–Crippen LogP) is 1.22. The molecule has 18 heavy (non-hydrogen) atoms. The van der Waals surface area contributed by atoms with E-state index < -0.39 is 6.10 Å². The lowest BCUT2D eigenvalue weighted by Crippen LogP contribution is -2.20. The number of nitrogens with zero attached hydrogens (tertiary/aromatic N) is 2. The first kappa shape index (κ1) is 14.4. The molecule has 0 radical (unpaired) electrons. The average Bonchev–Trinajstić information content (AvgIpc) is 2.36. The molecule has 100 valence electrons. The summed E-state index contributed by atoms with van der Waals surface area (Å²) >= 11 is 0. The van der Waals surface area contributed by atoms with E-state index in [9.17, 15) is 9.90 Å². The minimum absolute atomic E-state index is 0.117. The van der Waals surface area contributed by atoms with Crippen molar-refractivity contribution in [3.63, 3.8) is 0 Å². The van der Waals surface area contributed by atoms with E-state index in [0.717, 1.165) is 0 Å². The third kappa shape index (κ3) is 4.67. The van der Waals surface area contributed by atoms with E-state index in [2.05, 4.69) is 15.3 Å². The highest BCUT2D eigenvalue weighted by Gasteiger charge is 2.09. The normalized spacial score (nSPS) is 12.3. The minimum Gasteiger partial charge on any atom is -0.461 e. The van der Waals surface area contributed by atoms with E-state index in [-0.39, 0.29) is 24.4 Å². The molecule has 0 aliphatic heterocycles. The molecule has 0 aromatic carbocycles. The van der Waals surface area contributed by atoms with Gasteiger partial charge < -0.3 is 15.2 Å². The molecule has 0 fully saturated rings. The molecule has 0 aliphatic rings. The fourth-order valence-electron chi connectivity index (χ4n) is 1.04. The summed E-state index contributed by atoms with van der Waals surface area (Å²) in [6.07, 6.45) is 1.56. The van der Waals surface area contributed by atoms with Crippen molar-refractivity contribution in [2.45, 2.75) is 33.3 Å². The lowest BCUT2D eigenvalue weighted by molar-refractivity contribution is -0.118. The molecule has 6 heteroatoms. The van der Waals surface area contributed by atoms with Crippen molar-refractivity contribution in [2.24, 2.45) is 5.92 Å². The number of aromatic nitrogens is 2. The summed E-state index contributed by atoms with van der Waals surface area (Å²) in [7, 11) is 0. The Morgan fingerprint density at radius 3 is 2.89 bits per heavy atom. The van der Waals surface area contributed by atoms with Gasteiger partial charge in [0.05, 0.1) is 6.10 Å². The van der Waals surface area contributed by atoms with Crippen LogP contribution in [0.4, 0.5) is 5.82 Å². The van der Waals surface area contributed by atoms with E-state index in [0.29, 0.717) is 12.2 Å². The van der Waals surface area contributed by atoms with Crippen molar-refractivity contribution in [1.29, 1.82) is 0 Å². The van der Waals surface area contributed by atoms with Crippen LogP contribution in [0.2, 0.25) is 0 Å². The Kier molecular flexibility index (Phi) is 5.51. The first-order chi connectivity index (χ1) is 8.52. The van der Waals surface area contributed by atoms with E-state index in [1.54, 1.807) is 19.9 Å². The van der Waals surface area contributed by atoms with Crippen LogP contribution in [0.5, 0.6) is 6.01 Å². The molecule has 0 saturated carbocycles. The topological polar surface area (TPSA) is 84.3 Å². The smallest absolute Gasteiger partial charge is 0.318 e. The summed E-state index contributed by atoms with van der Waals surface area (Å²) in [5.74, 6) is 0.157. The molecule has 1 heterocycles. The molecule has 1 aromatic rings. The fourth-order valence-corrected chi connectivity index (χ4v) is 1.04. The van der Waals surface area contributed by atoms with Crippen molar-refractivity contribution in [1.82, 2.24) is 9.97 Å². The molecule has 0 bridgehead atoms. The Labute approximate surface area is 106 Å². The Balaban J connectivity index is 2.59. The second-order valence-corrected chi connectivity index (χ2v) is 4.24. The summed E-state index contributed by atoms with van der Waals surface area (Å²) < 4.78 is 5.22. The number of hydrogen-bond acceptors (Lipinski definition) is 5. The van der Waals surface area contributed by atoms with Gasteiger partial charge in [-0.2, -0.15) is 4.98 Å². The van der Waals surface area contributed by atoms with Crippen LogP contribution in [-0.2, 0) is 4.79 Å². The van der Waals surface area contributed by atoms with Gasteiger partial charge in [0.15, 0.2) is 0 Å². The van der Waals surface area contributed by atoms with Gasteiger partial charge in [-0.3, -0.25) is 4.79 Å². The molecular formula is C12H19N3O3. The van der Waals surface area contributed by atoms with Crippen molar-refractivity contribution < 1.29 is 14.6 Å². The van der Waals surface area contributed by atoms with Gasteiger partial charge in [-0.1, -0.05) is 20.8 Å². The Morgan fingerprint density at radius 1 is 1.56 bits per heavy atom. The summed E-state index contributed by atoms with van der Waals surface area (Å²) in [4.78, 5) is 19.4. The third-order valence-corrected chi connectivity index (χ3v) is 2.29. The maximum Gasteiger partial charge on any atom is 0.318 e. The number of hydrogen-bond donors (Lipinski definition) is 2. The van der Waals surface area contributed by atoms with E-state index in [1.165, 1.54) is 6.20 Å². The maximum absolute atomic E-state index is 11.5. The summed E-state index contributed by atoms with van der Waals surface area (Å²) in [5, 5.41) is 12.0. The largest absolute Gasteiger partial charge is 0.461 e. The highest BCUT2D eigenvalue weighted by atomic mass is 16.5. The quantitative estimate of drug-likeness (QED) is 0.796. The molecular weight excluding hydrogens is 234 g/mol. The second-order valence-electron chi connectivity index (χ2n) is 4.24. The molecule has 0 spiro atoms. The molecule has 0 saturated heterocycles. The summed E-state index contributed by atoms with van der Waals surface area (Å²) in [6, 6.07) is 1.73. The number of anilines is 1. The van der Waals surface area contributed by atoms with Crippen molar-refractivity contribution in [3.8, 4) is 6.01 Å². The predicted molar refractivity (Wildman–Crippen MR) is 67.3 cm³/mol. The van der Waals surface area contributed by atoms with Gasteiger partial charge in [-0.05, 0) is 12.5 Å². The van der Waals surface area contributed by atoms with Crippen LogP contribution in [0.25, 0.3) is 0 Å². The van der Waals surface area contributed by atoms with Gasteiger partial charge in [-0.15, -0.1) is 0 Å². The Morgan fingerprint density at radius 2 is 2.28 bits per heavy atom. The van der Waals surface area contributed by atoms with E-state index >= 15 is 0 Å². The summed E-state index contributed by atoms with van der Waals surface area (Å²) in [6.45, 7) is 5.59. The van der Waals surface area contributed by atoms with Crippen molar-refractivity contribution in [2.75, 3.05) is 11.9 Å². The zero-order chi connectivity index (χ0) is 13.5. The van der Waals surface area contributed by atoms with Crippen LogP contribution < -0.4 is 10.1 Å². The van der Waals surface area contributed by atoms with Gasteiger partial charge >= 0.3 is 6.01 Å². The van der Waals surface area contributed by atoms with Gasteiger partial charge in [0, 0.05) is 12.1 Å². The zero-order valence-electron chi connectivity index (χ0n) is 10.9. The molecule has 1 atom stereocenters. The first-order valence-corrected chi connectivity index (χ1v) is 5.97. The lowest BCUT2D eigenvalue weighted by Gasteiger charge is -2.10. The van der Waals surface area contributed by atoms with Crippen LogP contribution in [0.15, 0.2) is 12.3 Å². The number of nitrogens with one attached hydrogen (secondary N) is 1. The molecule has 6 nitrogen and oxygen atoms in total. The van der Waals surface area contributed by atoms with Crippen LogP contribution in [0, 0.1) is 5.92 Å². The van der Waals surface area contributed by atoms with Crippen LogP contribution in [0.3, 0.4) is 0 Å². The van der Waals surface area contributed by atoms with Crippen LogP contribution >= 0.6 is 0 Å². The zero-order valence-corrected chi connectivity index (χ0v) is 10.9. The monoisotopic (exact) mass is 253 g/mol. The van der Waals surface area contributed by atoms with E-state index in [4.69, 9.17) is 4.74 Å². The molecule has 1 aromatic heterocycles. The molecule has 0 unspecified atom stereocenters. The van der Waals surface area contributed by atoms with Gasteiger partial charge in [0.1, 0.15) is 12.4 Å². The minimum atomic E-state index is -0.539. The standard InChI is InChI=1S/C12H19N3O3/c1-4-9(16)7-18-12-13-6-5-10(15-12)14-11(17)8(2)3/h5-6,8-9,16H,4,7H2,1-3H3,(H,13,14,15,17)/t9-/m0/s1. The number of rotatable bonds is 6. The number of carbonyl (C=O) groups is 1. The SMILES string of the molecule is CC[C@H](O)COc1nccc(NC(=O)C(C)C)n1. The number of amides is 1. The highest BCUT2D eigenvalue weighted by molar-refractivity contribution is 5.91. The first-order valence-electron chi connectivity index (χ1n) is 5.97. The number of carbonyl (C=O) groups excluding carboxylic acids is 1. The number of ether oxygens (including phenoxy) is 1. The Hall–Kier alpha value is -1.69. The maximum atomic E-state index is 11.5. The van der Waals surface area contributed by atoms with Gasteiger partial charge in [0.2, 0.25) is 5.91 Å². The molecule has 0 aliphatic carbocycles. The number of aliphatic hydroxyl groups is 1. The van der Waals surface area contributed by atoms with Crippen molar-refractivity contribution >= 4 is 11.7 Å². The average molecular weight is 253 g/mol.